The van der Waals surface area contributed by atoms with Crippen LogP contribution in [0.4, 0.5) is 0 Å². The van der Waals surface area contributed by atoms with E-state index in [4.69, 9.17) is 0 Å². The SMILES string of the molecule is C=CCC(NCC)/C1=C/CCCCCC1. The maximum Gasteiger partial charge on any atom is 0.0313 e. The van der Waals surface area contributed by atoms with Gasteiger partial charge in [0.2, 0.25) is 0 Å². The van der Waals surface area contributed by atoms with Gasteiger partial charge in [-0.25, -0.2) is 0 Å². The molecule has 0 radical (unpaired) electrons. The van der Waals surface area contributed by atoms with Crippen LogP contribution in [-0.4, -0.2) is 12.6 Å². The summed E-state index contributed by atoms with van der Waals surface area (Å²) >= 11 is 0. The Kier molecular flexibility index (Phi) is 6.42. The zero-order valence-electron chi connectivity index (χ0n) is 10.1. The fraction of sp³-hybridized carbons (Fsp3) is 0.714. The van der Waals surface area contributed by atoms with Crippen molar-refractivity contribution in [1.29, 1.82) is 0 Å². The molecule has 1 N–H and O–H groups in total. The first-order valence-corrected chi connectivity index (χ1v) is 6.41. The molecule has 0 amide bonds. The van der Waals surface area contributed by atoms with Crippen molar-refractivity contribution in [2.45, 2.75) is 57.9 Å². The summed E-state index contributed by atoms with van der Waals surface area (Å²) in [6, 6.07) is 0.547. The van der Waals surface area contributed by atoms with Crippen molar-refractivity contribution in [2.24, 2.45) is 0 Å². The van der Waals surface area contributed by atoms with E-state index in [9.17, 15) is 0 Å². The summed E-state index contributed by atoms with van der Waals surface area (Å²) in [5, 5.41) is 3.56. The lowest BCUT2D eigenvalue weighted by molar-refractivity contribution is 0.541. The lowest BCUT2D eigenvalue weighted by Gasteiger charge is -2.21. The second-order valence-corrected chi connectivity index (χ2v) is 4.37. The molecule has 0 aliphatic heterocycles. The molecule has 0 saturated carbocycles. The summed E-state index contributed by atoms with van der Waals surface area (Å²) in [4.78, 5) is 0. The monoisotopic (exact) mass is 207 g/mol. The Labute approximate surface area is 94.6 Å². The van der Waals surface area contributed by atoms with Gasteiger partial charge >= 0.3 is 0 Å². The summed E-state index contributed by atoms with van der Waals surface area (Å²) in [6.07, 6.45) is 13.7. The van der Waals surface area contributed by atoms with Crippen molar-refractivity contribution in [2.75, 3.05) is 6.54 Å². The zero-order valence-corrected chi connectivity index (χ0v) is 10.1. The van der Waals surface area contributed by atoms with Gasteiger partial charge in [-0.3, -0.25) is 0 Å². The molecule has 0 saturated heterocycles. The topological polar surface area (TPSA) is 12.0 Å². The minimum atomic E-state index is 0.547. The van der Waals surface area contributed by atoms with Crippen LogP contribution in [0.15, 0.2) is 24.3 Å². The van der Waals surface area contributed by atoms with E-state index in [0.717, 1.165) is 13.0 Å². The van der Waals surface area contributed by atoms with Gasteiger partial charge in [0.1, 0.15) is 0 Å². The van der Waals surface area contributed by atoms with Crippen molar-refractivity contribution in [1.82, 2.24) is 5.32 Å². The van der Waals surface area contributed by atoms with Crippen molar-refractivity contribution in [3.63, 3.8) is 0 Å². The molecule has 1 rings (SSSR count). The van der Waals surface area contributed by atoms with Crippen LogP contribution in [-0.2, 0) is 0 Å². The van der Waals surface area contributed by atoms with Crippen LogP contribution in [0, 0.1) is 0 Å². The average molecular weight is 207 g/mol. The number of nitrogens with one attached hydrogen (secondary N) is 1. The summed E-state index contributed by atoms with van der Waals surface area (Å²) in [7, 11) is 0. The van der Waals surface area contributed by atoms with Crippen molar-refractivity contribution < 1.29 is 0 Å². The Bertz CT molecular complexity index is 205. The highest BCUT2D eigenvalue weighted by atomic mass is 14.9. The van der Waals surface area contributed by atoms with E-state index in [1.165, 1.54) is 38.5 Å². The molecule has 1 nitrogen and oxygen atoms in total. The Morgan fingerprint density at radius 3 is 2.93 bits per heavy atom. The first-order valence-electron chi connectivity index (χ1n) is 6.41. The Balaban J connectivity index is 2.56. The zero-order chi connectivity index (χ0) is 10.9. The third kappa shape index (κ3) is 4.65. The second kappa shape index (κ2) is 7.70. The first-order chi connectivity index (χ1) is 7.38. The molecule has 0 spiro atoms. The molecule has 1 aliphatic rings. The van der Waals surface area contributed by atoms with E-state index < -0.39 is 0 Å². The largest absolute Gasteiger partial charge is 0.310 e. The molecule has 0 aromatic heterocycles. The van der Waals surface area contributed by atoms with E-state index in [1.54, 1.807) is 5.57 Å². The van der Waals surface area contributed by atoms with Gasteiger partial charge in [-0.15, -0.1) is 6.58 Å². The Morgan fingerprint density at radius 2 is 2.20 bits per heavy atom. The Hall–Kier alpha value is -0.560. The highest BCUT2D eigenvalue weighted by molar-refractivity contribution is 5.13. The molecule has 1 heteroatoms. The predicted molar refractivity (Wildman–Crippen MR) is 68.1 cm³/mol. The molecule has 0 aromatic rings. The quantitative estimate of drug-likeness (QED) is 0.676. The van der Waals surface area contributed by atoms with Gasteiger partial charge in [-0.2, -0.15) is 0 Å². The average Bonchev–Trinajstić information content (AvgIpc) is 2.17. The van der Waals surface area contributed by atoms with Crippen LogP contribution in [0.1, 0.15) is 51.9 Å². The third-order valence-electron chi connectivity index (χ3n) is 3.13. The minimum Gasteiger partial charge on any atom is -0.310 e. The lowest BCUT2D eigenvalue weighted by atomic mass is 9.93. The molecule has 0 fully saturated rings. The van der Waals surface area contributed by atoms with Gasteiger partial charge in [-0.05, 0) is 38.6 Å². The molecular formula is C14H25N. The van der Waals surface area contributed by atoms with E-state index in [1.807, 2.05) is 6.08 Å². The molecular weight excluding hydrogens is 182 g/mol. The smallest absolute Gasteiger partial charge is 0.0313 e. The summed E-state index contributed by atoms with van der Waals surface area (Å²) < 4.78 is 0. The number of rotatable bonds is 5. The van der Waals surface area contributed by atoms with Crippen LogP contribution in [0.2, 0.25) is 0 Å². The van der Waals surface area contributed by atoms with Crippen LogP contribution < -0.4 is 5.32 Å². The van der Waals surface area contributed by atoms with Gasteiger partial charge < -0.3 is 5.32 Å². The van der Waals surface area contributed by atoms with Gasteiger partial charge in [0.05, 0.1) is 0 Å². The Morgan fingerprint density at radius 1 is 1.40 bits per heavy atom. The van der Waals surface area contributed by atoms with Gasteiger partial charge in [0.25, 0.3) is 0 Å². The standard InChI is InChI=1S/C14H25N/c1-3-10-14(15-4-2)13-11-8-6-5-7-9-12-13/h3,11,14-15H,1,4-10,12H2,2H3/b13-11+. The maximum absolute atomic E-state index is 3.85. The number of hydrogen-bond acceptors (Lipinski definition) is 1. The lowest BCUT2D eigenvalue weighted by Crippen LogP contribution is -2.30. The molecule has 1 unspecified atom stereocenters. The fourth-order valence-corrected chi connectivity index (χ4v) is 2.31. The molecule has 15 heavy (non-hydrogen) atoms. The van der Waals surface area contributed by atoms with E-state index in [0.29, 0.717) is 6.04 Å². The molecule has 0 aromatic carbocycles. The highest BCUT2D eigenvalue weighted by Gasteiger charge is 2.12. The second-order valence-electron chi connectivity index (χ2n) is 4.37. The van der Waals surface area contributed by atoms with Crippen molar-refractivity contribution in [3.8, 4) is 0 Å². The normalized spacial score (nSPS) is 23.4. The fourth-order valence-electron chi connectivity index (χ4n) is 2.31. The first kappa shape index (κ1) is 12.5. The predicted octanol–water partition coefficient (Wildman–Crippen LogP) is 3.82. The molecule has 86 valence electrons. The van der Waals surface area contributed by atoms with Gasteiger partial charge in [0, 0.05) is 6.04 Å². The van der Waals surface area contributed by atoms with Crippen LogP contribution in [0.25, 0.3) is 0 Å². The minimum absolute atomic E-state index is 0.547. The van der Waals surface area contributed by atoms with Crippen LogP contribution >= 0.6 is 0 Å². The van der Waals surface area contributed by atoms with Crippen molar-refractivity contribution >= 4 is 0 Å². The van der Waals surface area contributed by atoms with E-state index in [-0.39, 0.29) is 0 Å². The van der Waals surface area contributed by atoms with Crippen LogP contribution in [0.3, 0.4) is 0 Å². The van der Waals surface area contributed by atoms with Crippen molar-refractivity contribution in [3.05, 3.63) is 24.3 Å². The molecule has 0 heterocycles. The number of allylic oxidation sites excluding steroid dienone is 1. The summed E-state index contributed by atoms with van der Waals surface area (Å²) in [5.41, 5.74) is 1.62. The summed E-state index contributed by atoms with van der Waals surface area (Å²) in [5.74, 6) is 0. The summed E-state index contributed by atoms with van der Waals surface area (Å²) in [6.45, 7) is 7.08. The molecule has 1 atom stereocenters. The number of hydrogen-bond donors (Lipinski definition) is 1. The molecule has 1 aliphatic carbocycles. The number of likely N-dealkylation sites (N-methyl/N-ethyl adjacent to an activating group) is 1. The van der Waals surface area contributed by atoms with Crippen LogP contribution in [0.5, 0.6) is 0 Å². The van der Waals surface area contributed by atoms with Gasteiger partial charge in [0.15, 0.2) is 0 Å². The highest BCUT2D eigenvalue weighted by Crippen LogP contribution is 2.21. The third-order valence-corrected chi connectivity index (χ3v) is 3.13. The van der Waals surface area contributed by atoms with E-state index >= 15 is 0 Å². The van der Waals surface area contributed by atoms with E-state index in [2.05, 4.69) is 24.9 Å². The maximum atomic E-state index is 3.85. The van der Waals surface area contributed by atoms with Gasteiger partial charge in [-0.1, -0.05) is 37.5 Å². The molecule has 0 bridgehead atoms.